The molecule has 25 heavy (non-hydrogen) atoms. The normalized spacial score (nSPS) is 14.4. The zero-order valence-corrected chi connectivity index (χ0v) is 15.1. The maximum atomic E-state index is 12.2. The fourth-order valence-corrected chi connectivity index (χ4v) is 4.44. The third-order valence-electron chi connectivity index (χ3n) is 4.56. The van der Waals surface area contributed by atoms with Gasteiger partial charge in [-0.3, -0.25) is 9.19 Å². The van der Waals surface area contributed by atoms with Crippen LogP contribution in [0, 0.1) is 0 Å². The Labute approximate surface area is 150 Å². The second-order valence-corrected chi connectivity index (χ2v) is 7.86. The van der Waals surface area contributed by atoms with E-state index in [0.717, 1.165) is 59.0 Å². The van der Waals surface area contributed by atoms with E-state index in [0.29, 0.717) is 5.75 Å². The van der Waals surface area contributed by atoms with Crippen LogP contribution in [0.5, 0.6) is 0 Å². The highest BCUT2D eigenvalue weighted by Gasteiger charge is 2.23. The molecule has 2 aromatic heterocycles. The van der Waals surface area contributed by atoms with Gasteiger partial charge >= 0.3 is 0 Å². The molecule has 3 heterocycles. The lowest BCUT2D eigenvalue weighted by molar-refractivity contribution is 0.682. The van der Waals surface area contributed by atoms with E-state index in [2.05, 4.69) is 16.5 Å². The largest absolute Gasteiger partial charge is 0.327 e. The molecule has 0 amide bonds. The number of hydrogen-bond acceptors (Lipinski definition) is 3. The number of benzene rings is 1. The standard InChI is InChI=1S/C20H21N3OS/c1-2-14-25(24)17-7-5-15(6-8-17)19-20(16-9-11-21-12-10-16)23-13-3-4-18(23)22-19/h5-12H,2-4,13-14H2,1H3. The van der Waals surface area contributed by atoms with Crippen LogP contribution < -0.4 is 0 Å². The summed E-state index contributed by atoms with van der Waals surface area (Å²) in [6, 6.07) is 12.1. The summed E-state index contributed by atoms with van der Waals surface area (Å²) in [6.07, 6.45) is 6.75. The van der Waals surface area contributed by atoms with E-state index in [1.54, 1.807) is 0 Å². The number of pyridine rings is 1. The van der Waals surface area contributed by atoms with Crippen molar-refractivity contribution in [3.8, 4) is 22.5 Å². The van der Waals surface area contributed by atoms with Crippen LogP contribution in [0.2, 0.25) is 0 Å². The zero-order valence-electron chi connectivity index (χ0n) is 14.3. The first-order chi connectivity index (χ1) is 12.3. The maximum absolute atomic E-state index is 12.2. The molecule has 128 valence electrons. The predicted molar refractivity (Wildman–Crippen MR) is 101 cm³/mol. The van der Waals surface area contributed by atoms with Gasteiger partial charge in [0.05, 0.1) is 22.2 Å². The molecule has 0 saturated heterocycles. The molecule has 5 heteroatoms. The van der Waals surface area contributed by atoms with E-state index < -0.39 is 10.8 Å². The first kappa shape index (κ1) is 16.2. The third kappa shape index (κ3) is 3.04. The molecule has 0 radical (unpaired) electrons. The molecule has 1 aromatic carbocycles. The van der Waals surface area contributed by atoms with Crippen LogP contribution in [0.4, 0.5) is 0 Å². The van der Waals surface area contributed by atoms with E-state index in [4.69, 9.17) is 4.98 Å². The molecule has 0 bridgehead atoms. The second kappa shape index (κ2) is 6.92. The topological polar surface area (TPSA) is 47.8 Å². The lowest BCUT2D eigenvalue weighted by Crippen LogP contribution is -1.97. The Morgan fingerprint density at radius 3 is 2.56 bits per heavy atom. The Bertz CT molecular complexity index is 901. The highest BCUT2D eigenvalue weighted by atomic mass is 32.2. The highest BCUT2D eigenvalue weighted by Crippen LogP contribution is 2.35. The van der Waals surface area contributed by atoms with Crippen molar-refractivity contribution >= 4 is 10.8 Å². The number of hydrogen-bond donors (Lipinski definition) is 0. The fourth-order valence-electron chi connectivity index (χ4n) is 3.40. The minimum Gasteiger partial charge on any atom is -0.327 e. The molecule has 0 fully saturated rings. The number of fused-ring (bicyclic) bond motifs is 1. The summed E-state index contributed by atoms with van der Waals surface area (Å²) in [7, 11) is -0.913. The van der Waals surface area contributed by atoms with E-state index >= 15 is 0 Å². The molecule has 1 unspecified atom stereocenters. The summed E-state index contributed by atoms with van der Waals surface area (Å²) in [5.41, 5.74) is 4.39. The quantitative estimate of drug-likeness (QED) is 0.696. The number of aromatic nitrogens is 3. The van der Waals surface area contributed by atoms with Crippen molar-refractivity contribution in [3.63, 3.8) is 0 Å². The van der Waals surface area contributed by atoms with E-state index in [1.807, 2.05) is 48.8 Å². The van der Waals surface area contributed by atoms with E-state index in [-0.39, 0.29) is 0 Å². The Balaban J connectivity index is 1.77. The molecule has 0 spiro atoms. The molecule has 4 nitrogen and oxygen atoms in total. The summed E-state index contributed by atoms with van der Waals surface area (Å²) >= 11 is 0. The first-order valence-corrected chi connectivity index (χ1v) is 10.1. The van der Waals surface area contributed by atoms with Gasteiger partial charge < -0.3 is 4.57 Å². The van der Waals surface area contributed by atoms with E-state index in [9.17, 15) is 4.21 Å². The van der Waals surface area contributed by atoms with Gasteiger partial charge in [-0.2, -0.15) is 0 Å². The molecule has 3 aromatic rings. The van der Waals surface area contributed by atoms with Gasteiger partial charge in [0.2, 0.25) is 0 Å². The van der Waals surface area contributed by atoms with Crippen molar-refractivity contribution in [3.05, 3.63) is 54.6 Å². The monoisotopic (exact) mass is 351 g/mol. The first-order valence-electron chi connectivity index (χ1n) is 8.76. The predicted octanol–water partition coefficient (Wildman–Crippen LogP) is 4.08. The Morgan fingerprint density at radius 1 is 1.08 bits per heavy atom. The summed E-state index contributed by atoms with van der Waals surface area (Å²) in [5, 5.41) is 0. The zero-order chi connectivity index (χ0) is 17.2. The highest BCUT2D eigenvalue weighted by molar-refractivity contribution is 7.85. The molecule has 0 N–H and O–H groups in total. The van der Waals surface area contributed by atoms with Gasteiger partial charge in [0, 0.05) is 47.1 Å². The molecule has 1 atom stereocenters. The van der Waals surface area contributed by atoms with Crippen LogP contribution >= 0.6 is 0 Å². The minimum absolute atomic E-state index is 0.709. The lowest BCUT2D eigenvalue weighted by Gasteiger charge is -2.09. The average molecular weight is 351 g/mol. The lowest BCUT2D eigenvalue weighted by atomic mass is 10.1. The van der Waals surface area contributed by atoms with Crippen molar-refractivity contribution < 1.29 is 4.21 Å². The molecule has 1 aliphatic heterocycles. The van der Waals surface area contributed by atoms with Crippen LogP contribution in [0.25, 0.3) is 22.5 Å². The van der Waals surface area contributed by atoms with Gasteiger partial charge in [0.25, 0.3) is 0 Å². The molecule has 0 aliphatic carbocycles. The molecule has 0 saturated carbocycles. The Morgan fingerprint density at radius 2 is 1.84 bits per heavy atom. The summed E-state index contributed by atoms with van der Waals surface area (Å²) in [6.45, 7) is 3.07. The van der Waals surface area contributed by atoms with Gasteiger partial charge in [-0.25, -0.2) is 4.98 Å². The van der Waals surface area contributed by atoms with Crippen molar-refractivity contribution in [1.82, 2.24) is 14.5 Å². The van der Waals surface area contributed by atoms with Gasteiger partial charge in [-0.15, -0.1) is 0 Å². The van der Waals surface area contributed by atoms with Crippen LogP contribution in [0.3, 0.4) is 0 Å². The van der Waals surface area contributed by atoms with Crippen molar-refractivity contribution in [2.75, 3.05) is 5.75 Å². The minimum atomic E-state index is -0.913. The van der Waals surface area contributed by atoms with Crippen LogP contribution in [0.1, 0.15) is 25.6 Å². The maximum Gasteiger partial charge on any atom is 0.109 e. The van der Waals surface area contributed by atoms with E-state index in [1.165, 1.54) is 0 Å². The smallest absolute Gasteiger partial charge is 0.109 e. The summed E-state index contributed by atoms with van der Waals surface area (Å²) in [5.74, 6) is 1.86. The molecule has 1 aliphatic rings. The number of rotatable bonds is 5. The molecular weight excluding hydrogens is 330 g/mol. The third-order valence-corrected chi connectivity index (χ3v) is 6.14. The van der Waals surface area contributed by atoms with Gasteiger partial charge in [-0.05, 0) is 37.1 Å². The summed E-state index contributed by atoms with van der Waals surface area (Å²) < 4.78 is 14.5. The fraction of sp³-hybridized carbons (Fsp3) is 0.300. The number of imidazole rings is 1. The molecule has 4 rings (SSSR count). The van der Waals surface area contributed by atoms with Crippen LogP contribution in [-0.4, -0.2) is 24.5 Å². The van der Waals surface area contributed by atoms with Crippen LogP contribution in [0.15, 0.2) is 53.7 Å². The Kier molecular flexibility index (Phi) is 4.49. The second-order valence-electron chi connectivity index (χ2n) is 6.29. The number of nitrogens with zero attached hydrogens (tertiary/aromatic N) is 3. The van der Waals surface area contributed by atoms with Crippen LogP contribution in [-0.2, 0) is 23.8 Å². The Hall–Kier alpha value is -2.27. The number of aryl methyl sites for hydroxylation is 1. The van der Waals surface area contributed by atoms with Gasteiger partial charge in [0.15, 0.2) is 0 Å². The van der Waals surface area contributed by atoms with Crippen molar-refractivity contribution in [2.45, 2.75) is 37.6 Å². The summed E-state index contributed by atoms with van der Waals surface area (Å²) in [4.78, 5) is 9.94. The SMILES string of the molecule is CCCS(=O)c1ccc(-c2nc3n(c2-c2ccncc2)CCC3)cc1. The van der Waals surface area contributed by atoms with Gasteiger partial charge in [0.1, 0.15) is 5.82 Å². The van der Waals surface area contributed by atoms with Crippen molar-refractivity contribution in [2.24, 2.45) is 0 Å². The molecular formula is C20H21N3OS. The van der Waals surface area contributed by atoms with Crippen molar-refractivity contribution in [1.29, 1.82) is 0 Å². The van der Waals surface area contributed by atoms with Gasteiger partial charge in [-0.1, -0.05) is 19.1 Å². The average Bonchev–Trinajstić information content (AvgIpc) is 3.24.